The first-order valence-electron chi connectivity index (χ1n) is 4.97. The summed E-state index contributed by atoms with van der Waals surface area (Å²) in [6, 6.07) is 6.03. The molecule has 2 aromatic rings. The van der Waals surface area contributed by atoms with Gasteiger partial charge in [0.05, 0.1) is 5.69 Å². The fourth-order valence-corrected chi connectivity index (χ4v) is 1.53. The average Bonchev–Trinajstić information content (AvgIpc) is 2.33. The molecule has 2 N–H and O–H groups in total. The third kappa shape index (κ3) is 2.13. The molecule has 86 valence electrons. The smallest absolute Gasteiger partial charge is 0.248 e. The van der Waals surface area contributed by atoms with Gasteiger partial charge in [0.2, 0.25) is 5.91 Å². The summed E-state index contributed by atoms with van der Waals surface area (Å²) in [5, 5.41) is 7.60. The van der Waals surface area contributed by atoms with E-state index in [-0.39, 0.29) is 5.56 Å². The van der Waals surface area contributed by atoms with Crippen molar-refractivity contribution in [1.82, 2.24) is 10.2 Å². The van der Waals surface area contributed by atoms with Crippen LogP contribution in [0.25, 0.3) is 11.3 Å². The zero-order chi connectivity index (χ0) is 12.4. The van der Waals surface area contributed by atoms with Crippen molar-refractivity contribution in [2.75, 3.05) is 0 Å². The third-order valence-electron chi connectivity index (χ3n) is 2.48. The van der Waals surface area contributed by atoms with Gasteiger partial charge in [0.15, 0.2) is 0 Å². The van der Waals surface area contributed by atoms with E-state index in [0.717, 1.165) is 6.07 Å². The highest BCUT2D eigenvalue weighted by atomic mass is 19.1. The standard InChI is InChI=1S/C12H10FN3O/c1-7-9(11-3-2-4-15-16-11)5-8(12(14)17)6-10(7)13/h2-6H,1H3,(H2,14,17). The molecule has 0 radical (unpaired) electrons. The highest BCUT2D eigenvalue weighted by molar-refractivity contribution is 5.94. The summed E-state index contributed by atoms with van der Waals surface area (Å²) in [6.45, 7) is 1.62. The third-order valence-corrected chi connectivity index (χ3v) is 2.48. The summed E-state index contributed by atoms with van der Waals surface area (Å²) < 4.78 is 13.6. The molecule has 0 fully saturated rings. The van der Waals surface area contributed by atoms with Crippen molar-refractivity contribution in [3.8, 4) is 11.3 Å². The number of amides is 1. The molecule has 5 heteroatoms. The number of hydrogen-bond donors (Lipinski definition) is 1. The van der Waals surface area contributed by atoms with Crippen LogP contribution < -0.4 is 5.73 Å². The molecule has 1 heterocycles. The van der Waals surface area contributed by atoms with Crippen molar-refractivity contribution in [1.29, 1.82) is 0 Å². The number of nitrogens with two attached hydrogens (primary N) is 1. The molecule has 0 saturated heterocycles. The summed E-state index contributed by atoms with van der Waals surface area (Å²) in [6.07, 6.45) is 1.52. The van der Waals surface area contributed by atoms with Crippen molar-refractivity contribution < 1.29 is 9.18 Å². The molecule has 0 aliphatic heterocycles. The predicted octanol–water partition coefficient (Wildman–Crippen LogP) is 1.69. The van der Waals surface area contributed by atoms with Crippen LogP contribution in [0.3, 0.4) is 0 Å². The van der Waals surface area contributed by atoms with E-state index < -0.39 is 11.7 Å². The van der Waals surface area contributed by atoms with E-state index in [1.54, 1.807) is 19.1 Å². The zero-order valence-electron chi connectivity index (χ0n) is 9.14. The van der Waals surface area contributed by atoms with Gasteiger partial charge >= 0.3 is 0 Å². The Hall–Kier alpha value is -2.30. The summed E-state index contributed by atoms with van der Waals surface area (Å²) >= 11 is 0. The molecule has 0 unspecified atom stereocenters. The Morgan fingerprint density at radius 3 is 2.76 bits per heavy atom. The van der Waals surface area contributed by atoms with Gasteiger partial charge < -0.3 is 5.73 Å². The monoisotopic (exact) mass is 231 g/mol. The van der Waals surface area contributed by atoms with Crippen LogP contribution in [0.1, 0.15) is 15.9 Å². The van der Waals surface area contributed by atoms with Gasteiger partial charge in [-0.05, 0) is 36.8 Å². The van der Waals surface area contributed by atoms with Crippen LogP contribution in [0.2, 0.25) is 0 Å². The molecule has 4 nitrogen and oxygen atoms in total. The molecule has 0 aliphatic carbocycles. The summed E-state index contributed by atoms with van der Waals surface area (Å²) in [5.74, 6) is -1.16. The summed E-state index contributed by atoms with van der Waals surface area (Å²) in [7, 11) is 0. The molecule has 17 heavy (non-hydrogen) atoms. The van der Waals surface area contributed by atoms with Gasteiger partial charge in [-0.1, -0.05) is 0 Å². The molecule has 1 aromatic carbocycles. The highest BCUT2D eigenvalue weighted by Crippen LogP contribution is 2.24. The number of primary amides is 1. The fourth-order valence-electron chi connectivity index (χ4n) is 1.53. The molecule has 1 amide bonds. The average molecular weight is 231 g/mol. The minimum atomic E-state index is -0.672. The van der Waals surface area contributed by atoms with Crippen molar-refractivity contribution in [2.45, 2.75) is 6.92 Å². The SMILES string of the molecule is Cc1c(F)cc(C(N)=O)cc1-c1cccnn1. The minimum Gasteiger partial charge on any atom is -0.366 e. The molecule has 0 spiro atoms. The first kappa shape index (κ1) is 11.2. The van der Waals surface area contributed by atoms with Gasteiger partial charge in [0.1, 0.15) is 5.82 Å². The van der Waals surface area contributed by atoms with Crippen LogP contribution in [0.5, 0.6) is 0 Å². The van der Waals surface area contributed by atoms with Gasteiger partial charge in [-0.15, -0.1) is 0 Å². The van der Waals surface area contributed by atoms with E-state index in [0.29, 0.717) is 16.8 Å². The molecule has 0 saturated carbocycles. The van der Waals surface area contributed by atoms with Gasteiger partial charge in [0.25, 0.3) is 0 Å². The number of halogens is 1. The molecule has 2 rings (SSSR count). The molecule has 0 bridgehead atoms. The van der Waals surface area contributed by atoms with Crippen molar-refractivity contribution >= 4 is 5.91 Å². The van der Waals surface area contributed by atoms with Crippen LogP contribution in [-0.4, -0.2) is 16.1 Å². The van der Waals surface area contributed by atoms with Gasteiger partial charge in [-0.3, -0.25) is 4.79 Å². The topological polar surface area (TPSA) is 68.9 Å². The Morgan fingerprint density at radius 1 is 1.41 bits per heavy atom. The van der Waals surface area contributed by atoms with E-state index in [1.165, 1.54) is 12.3 Å². The number of carbonyl (C=O) groups excluding carboxylic acids is 1. The first-order chi connectivity index (χ1) is 8.09. The second-order valence-corrected chi connectivity index (χ2v) is 3.60. The van der Waals surface area contributed by atoms with Gasteiger partial charge in [-0.2, -0.15) is 10.2 Å². The second kappa shape index (κ2) is 4.29. The maximum atomic E-state index is 13.6. The van der Waals surface area contributed by atoms with E-state index in [9.17, 15) is 9.18 Å². The lowest BCUT2D eigenvalue weighted by molar-refractivity contribution is 0.1000. The largest absolute Gasteiger partial charge is 0.366 e. The Balaban J connectivity index is 2.65. The number of carbonyl (C=O) groups is 1. The Kier molecular flexibility index (Phi) is 2.82. The van der Waals surface area contributed by atoms with Crippen molar-refractivity contribution in [3.05, 3.63) is 47.4 Å². The Bertz CT molecular complexity index is 569. The lowest BCUT2D eigenvalue weighted by Crippen LogP contribution is -2.12. The van der Waals surface area contributed by atoms with E-state index in [4.69, 9.17) is 5.73 Å². The lowest BCUT2D eigenvalue weighted by atomic mass is 10.0. The van der Waals surface area contributed by atoms with E-state index >= 15 is 0 Å². The number of aromatic nitrogens is 2. The number of hydrogen-bond acceptors (Lipinski definition) is 3. The molecule has 1 aromatic heterocycles. The first-order valence-corrected chi connectivity index (χ1v) is 4.97. The number of nitrogens with zero attached hydrogens (tertiary/aromatic N) is 2. The second-order valence-electron chi connectivity index (χ2n) is 3.60. The molecular formula is C12H10FN3O. The van der Waals surface area contributed by atoms with Crippen LogP contribution in [0, 0.1) is 12.7 Å². The van der Waals surface area contributed by atoms with E-state index in [2.05, 4.69) is 10.2 Å². The summed E-state index contributed by atoms with van der Waals surface area (Å²) in [4.78, 5) is 11.1. The molecular weight excluding hydrogens is 221 g/mol. The zero-order valence-corrected chi connectivity index (χ0v) is 9.14. The van der Waals surface area contributed by atoms with Gasteiger partial charge in [-0.25, -0.2) is 4.39 Å². The van der Waals surface area contributed by atoms with Crippen LogP contribution in [0.15, 0.2) is 30.5 Å². The van der Waals surface area contributed by atoms with Crippen LogP contribution >= 0.6 is 0 Å². The lowest BCUT2D eigenvalue weighted by Gasteiger charge is -2.07. The van der Waals surface area contributed by atoms with Crippen LogP contribution in [0.4, 0.5) is 4.39 Å². The predicted molar refractivity (Wildman–Crippen MR) is 60.7 cm³/mol. The van der Waals surface area contributed by atoms with Crippen molar-refractivity contribution in [2.24, 2.45) is 5.73 Å². The number of rotatable bonds is 2. The maximum absolute atomic E-state index is 13.6. The quantitative estimate of drug-likeness (QED) is 0.855. The maximum Gasteiger partial charge on any atom is 0.248 e. The van der Waals surface area contributed by atoms with Gasteiger partial charge in [0, 0.05) is 17.3 Å². The van der Waals surface area contributed by atoms with E-state index in [1.807, 2.05) is 0 Å². The summed E-state index contributed by atoms with van der Waals surface area (Å²) in [5.41, 5.74) is 6.70. The molecule has 0 atom stereocenters. The Morgan fingerprint density at radius 2 is 2.18 bits per heavy atom. The normalized spacial score (nSPS) is 10.2. The number of benzene rings is 1. The molecule has 0 aliphatic rings. The van der Waals surface area contributed by atoms with Crippen LogP contribution in [-0.2, 0) is 0 Å². The highest BCUT2D eigenvalue weighted by Gasteiger charge is 2.12. The fraction of sp³-hybridized carbons (Fsp3) is 0.0833. The minimum absolute atomic E-state index is 0.119. The van der Waals surface area contributed by atoms with Crippen molar-refractivity contribution in [3.63, 3.8) is 0 Å². The Labute approximate surface area is 97.3 Å².